The van der Waals surface area contributed by atoms with Crippen LogP contribution >= 0.6 is 0 Å². The Morgan fingerprint density at radius 2 is 1.87 bits per heavy atom. The van der Waals surface area contributed by atoms with Crippen LogP contribution < -0.4 is 0 Å². The van der Waals surface area contributed by atoms with Crippen LogP contribution in [0.3, 0.4) is 0 Å². The van der Waals surface area contributed by atoms with Gasteiger partial charge in [0, 0.05) is 19.5 Å². The highest BCUT2D eigenvalue weighted by molar-refractivity contribution is 5.77. The molecule has 0 aromatic rings. The Morgan fingerprint density at radius 3 is 2.48 bits per heavy atom. The van der Waals surface area contributed by atoms with Crippen LogP contribution in [0.4, 0.5) is 0 Å². The van der Waals surface area contributed by atoms with Gasteiger partial charge in [0.25, 0.3) is 0 Å². The highest BCUT2D eigenvalue weighted by Gasteiger charge is 2.21. The van der Waals surface area contributed by atoms with E-state index in [0.717, 1.165) is 38.8 Å². The third-order valence-electron chi connectivity index (χ3n) is 4.55. The molecule has 1 saturated heterocycles. The lowest BCUT2D eigenvalue weighted by Crippen LogP contribution is -2.38. The molecule has 0 spiro atoms. The van der Waals surface area contributed by atoms with Crippen molar-refractivity contribution in [1.29, 1.82) is 0 Å². The average molecular weight is 326 g/mol. The molecule has 0 aromatic carbocycles. The Hall–Kier alpha value is -1.10. The topological polar surface area (TPSA) is 49.9 Å². The molecule has 5 heteroatoms. The molecule has 0 aromatic heterocycles. The molecule has 1 rings (SSSR count). The molecule has 134 valence electrons. The van der Waals surface area contributed by atoms with Gasteiger partial charge in [0.2, 0.25) is 5.91 Å². The van der Waals surface area contributed by atoms with Gasteiger partial charge in [-0.05, 0) is 51.7 Å². The van der Waals surface area contributed by atoms with Gasteiger partial charge < -0.3 is 14.5 Å². The number of carbonyl (C=O) groups excluding carboxylic acids is 2. The fourth-order valence-corrected chi connectivity index (χ4v) is 3.05. The molecule has 0 bridgehead atoms. The van der Waals surface area contributed by atoms with Gasteiger partial charge in [-0.25, -0.2) is 0 Å². The number of carbonyl (C=O) groups is 2. The first-order valence-electron chi connectivity index (χ1n) is 9.16. The Balaban J connectivity index is 2.38. The van der Waals surface area contributed by atoms with Crippen molar-refractivity contribution in [2.45, 2.75) is 58.8 Å². The van der Waals surface area contributed by atoms with Crippen LogP contribution in [-0.2, 0) is 14.3 Å². The first-order chi connectivity index (χ1) is 11.1. The summed E-state index contributed by atoms with van der Waals surface area (Å²) in [6.45, 7) is 8.71. The van der Waals surface area contributed by atoms with Gasteiger partial charge in [0.1, 0.15) is 0 Å². The van der Waals surface area contributed by atoms with Gasteiger partial charge in [0.05, 0.1) is 13.0 Å². The monoisotopic (exact) mass is 326 g/mol. The highest BCUT2D eigenvalue weighted by Crippen LogP contribution is 2.11. The van der Waals surface area contributed by atoms with Gasteiger partial charge in [-0.3, -0.25) is 9.59 Å². The lowest BCUT2D eigenvalue weighted by atomic mass is 10.1. The Labute approximate surface area is 141 Å². The molecule has 0 N–H and O–H groups in total. The molecule has 1 heterocycles. The minimum Gasteiger partial charge on any atom is -0.469 e. The normalized spacial score (nSPS) is 16.3. The minimum atomic E-state index is -0.260. The maximum atomic E-state index is 12.4. The predicted octanol–water partition coefficient (Wildman–Crippen LogP) is 2.69. The zero-order valence-electron chi connectivity index (χ0n) is 15.2. The first kappa shape index (κ1) is 19.9. The summed E-state index contributed by atoms with van der Waals surface area (Å²) in [7, 11) is 1.40. The number of hydrogen-bond donors (Lipinski definition) is 0. The van der Waals surface area contributed by atoms with Gasteiger partial charge in [-0.1, -0.05) is 20.3 Å². The number of likely N-dealkylation sites (tertiary alicyclic amines) is 1. The molecule has 1 unspecified atom stereocenters. The molecule has 1 amide bonds. The van der Waals surface area contributed by atoms with E-state index in [9.17, 15) is 9.59 Å². The molecule has 1 aliphatic rings. The molecule has 5 nitrogen and oxygen atoms in total. The lowest BCUT2D eigenvalue weighted by molar-refractivity contribution is -0.146. The molecular weight excluding hydrogens is 292 g/mol. The van der Waals surface area contributed by atoms with E-state index >= 15 is 0 Å². The summed E-state index contributed by atoms with van der Waals surface area (Å²) >= 11 is 0. The summed E-state index contributed by atoms with van der Waals surface area (Å²) in [6, 6.07) is 0. The van der Waals surface area contributed by atoms with Gasteiger partial charge >= 0.3 is 5.97 Å². The van der Waals surface area contributed by atoms with E-state index in [2.05, 4.69) is 11.8 Å². The first-order valence-corrected chi connectivity index (χ1v) is 9.16. The smallest absolute Gasteiger partial charge is 0.310 e. The van der Waals surface area contributed by atoms with E-state index in [4.69, 9.17) is 4.74 Å². The van der Waals surface area contributed by atoms with E-state index in [-0.39, 0.29) is 17.8 Å². The van der Waals surface area contributed by atoms with E-state index in [0.29, 0.717) is 13.0 Å². The Morgan fingerprint density at radius 1 is 1.17 bits per heavy atom. The second kappa shape index (κ2) is 11.4. The molecule has 1 aliphatic heterocycles. The van der Waals surface area contributed by atoms with Crippen molar-refractivity contribution in [2.24, 2.45) is 5.92 Å². The predicted molar refractivity (Wildman–Crippen MR) is 92.2 cm³/mol. The maximum Gasteiger partial charge on any atom is 0.310 e. The number of unbranched alkanes of at least 4 members (excludes halogenated alkanes) is 2. The van der Waals surface area contributed by atoms with E-state index < -0.39 is 0 Å². The number of esters is 1. The number of hydrogen-bond acceptors (Lipinski definition) is 4. The molecular formula is C18H34N2O3. The van der Waals surface area contributed by atoms with Crippen LogP contribution in [0.5, 0.6) is 0 Å². The van der Waals surface area contributed by atoms with Crippen molar-refractivity contribution >= 4 is 11.9 Å². The molecule has 0 saturated carbocycles. The molecule has 0 aliphatic carbocycles. The summed E-state index contributed by atoms with van der Waals surface area (Å²) in [6.07, 6.45) is 7.26. The summed E-state index contributed by atoms with van der Waals surface area (Å²) < 4.78 is 4.78. The van der Waals surface area contributed by atoms with Crippen LogP contribution in [0.25, 0.3) is 0 Å². The molecule has 23 heavy (non-hydrogen) atoms. The summed E-state index contributed by atoms with van der Waals surface area (Å²) in [5, 5.41) is 0. The average Bonchev–Trinajstić information content (AvgIpc) is 3.07. The summed E-state index contributed by atoms with van der Waals surface area (Å²) in [5.41, 5.74) is 0. The highest BCUT2D eigenvalue weighted by atomic mass is 16.5. The third kappa shape index (κ3) is 7.82. The van der Waals surface area contributed by atoms with Crippen molar-refractivity contribution in [3.63, 3.8) is 0 Å². The summed E-state index contributed by atoms with van der Waals surface area (Å²) in [4.78, 5) is 28.3. The molecule has 0 radical (unpaired) electrons. The van der Waals surface area contributed by atoms with Gasteiger partial charge in [0.15, 0.2) is 0 Å². The fraction of sp³-hybridized carbons (Fsp3) is 0.889. The standard InChI is InChI=1S/C18H34N2O3/c1-4-5-10-17(21)20(15-16(2)18(22)23-3)14-9-8-13-19-11-6-7-12-19/h16H,4-15H2,1-3H3. The number of ether oxygens (including phenoxy) is 1. The SMILES string of the molecule is CCCCC(=O)N(CCCCN1CCCC1)CC(C)C(=O)OC. The number of amides is 1. The van der Waals surface area contributed by atoms with Crippen LogP contribution in [0.15, 0.2) is 0 Å². The maximum absolute atomic E-state index is 12.4. The van der Waals surface area contributed by atoms with Crippen molar-refractivity contribution in [2.75, 3.05) is 39.8 Å². The van der Waals surface area contributed by atoms with Crippen LogP contribution in [-0.4, -0.2) is 61.5 Å². The van der Waals surface area contributed by atoms with Crippen molar-refractivity contribution < 1.29 is 14.3 Å². The fourth-order valence-electron chi connectivity index (χ4n) is 3.05. The van der Waals surface area contributed by atoms with Crippen molar-refractivity contribution in [1.82, 2.24) is 9.80 Å². The Kier molecular flexibility index (Phi) is 9.92. The second-order valence-corrected chi connectivity index (χ2v) is 6.62. The third-order valence-corrected chi connectivity index (χ3v) is 4.55. The zero-order valence-corrected chi connectivity index (χ0v) is 15.2. The quantitative estimate of drug-likeness (QED) is 0.433. The van der Waals surface area contributed by atoms with Crippen molar-refractivity contribution in [3.05, 3.63) is 0 Å². The molecule has 1 atom stereocenters. The zero-order chi connectivity index (χ0) is 17.1. The lowest BCUT2D eigenvalue weighted by Gasteiger charge is -2.25. The van der Waals surface area contributed by atoms with E-state index in [1.165, 1.54) is 33.0 Å². The Bertz CT molecular complexity index is 354. The van der Waals surface area contributed by atoms with E-state index in [1.54, 1.807) is 0 Å². The van der Waals surface area contributed by atoms with E-state index in [1.807, 2.05) is 11.8 Å². The summed E-state index contributed by atoms with van der Waals surface area (Å²) in [5.74, 6) is -0.330. The minimum absolute atomic E-state index is 0.170. The molecule has 1 fully saturated rings. The number of methoxy groups -OCH3 is 1. The van der Waals surface area contributed by atoms with Crippen LogP contribution in [0, 0.1) is 5.92 Å². The largest absolute Gasteiger partial charge is 0.469 e. The number of nitrogens with zero attached hydrogens (tertiary/aromatic N) is 2. The van der Waals surface area contributed by atoms with Crippen molar-refractivity contribution in [3.8, 4) is 0 Å². The number of rotatable bonds is 11. The van der Waals surface area contributed by atoms with Crippen LogP contribution in [0.2, 0.25) is 0 Å². The van der Waals surface area contributed by atoms with Crippen LogP contribution in [0.1, 0.15) is 58.8 Å². The van der Waals surface area contributed by atoms with Gasteiger partial charge in [-0.15, -0.1) is 0 Å². The second-order valence-electron chi connectivity index (χ2n) is 6.62. The van der Waals surface area contributed by atoms with Gasteiger partial charge in [-0.2, -0.15) is 0 Å².